The number of pyridine rings is 1. The Morgan fingerprint density at radius 2 is 1.89 bits per heavy atom. The van der Waals surface area contributed by atoms with Gasteiger partial charge in [-0.3, -0.25) is 4.79 Å². The van der Waals surface area contributed by atoms with Crippen molar-refractivity contribution in [2.45, 2.75) is 6.54 Å². The molecule has 0 saturated heterocycles. The number of halogens is 1. The Kier molecular flexibility index (Phi) is 3.48. The lowest BCUT2D eigenvalue weighted by Crippen LogP contribution is -2.26. The second-order valence-electron chi connectivity index (χ2n) is 3.76. The van der Waals surface area contributed by atoms with E-state index in [4.69, 9.17) is 16.7 Å². The van der Waals surface area contributed by atoms with Crippen LogP contribution in [0, 0.1) is 0 Å². The van der Waals surface area contributed by atoms with Gasteiger partial charge in [-0.05, 0) is 11.6 Å². The topological polar surface area (TPSA) is 59.3 Å². The summed E-state index contributed by atoms with van der Waals surface area (Å²) in [7, 11) is 0. The molecule has 0 fully saturated rings. The Bertz CT molecular complexity index is 634. The summed E-state index contributed by atoms with van der Waals surface area (Å²) in [6.07, 6.45) is 1.49. The number of hydrogen-bond donors (Lipinski definition) is 1. The molecule has 0 bridgehead atoms. The molecule has 0 saturated carbocycles. The molecule has 0 radical (unpaired) electrons. The van der Waals surface area contributed by atoms with Crippen LogP contribution in [0.1, 0.15) is 15.9 Å². The molecule has 2 aromatic rings. The Morgan fingerprint density at radius 1 is 1.22 bits per heavy atom. The lowest BCUT2D eigenvalue weighted by Gasteiger charge is -2.07. The lowest BCUT2D eigenvalue weighted by molar-refractivity contribution is 0.0694. The SMILES string of the molecule is O=C(O)c1c(Cl)ccn(Cc2ccccc2)c1=O. The van der Waals surface area contributed by atoms with Crippen LogP contribution in [0.4, 0.5) is 0 Å². The van der Waals surface area contributed by atoms with Crippen molar-refractivity contribution in [2.24, 2.45) is 0 Å². The molecule has 5 heteroatoms. The Morgan fingerprint density at radius 3 is 2.50 bits per heavy atom. The number of aromatic nitrogens is 1. The summed E-state index contributed by atoms with van der Waals surface area (Å²) in [4.78, 5) is 22.9. The Labute approximate surface area is 108 Å². The number of carbonyl (C=O) groups is 1. The lowest BCUT2D eigenvalue weighted by atomic mass is 10.2. The van der Waals surface area contributed by atoms with E-state index < -0.39 is 17.1 Å². The van der Waals surface area contributed by atoms with Gasteiger partial charge in [-0.25, -0.2) is 4.79 Å². The average Bonchev–Trinajstić information content (AvgIpc) is 2.34. The van der Waals surface area contributed by atoms with E-state index in [0.29, 0.717) is 6.54 Å². The van der Waals surface area contributed by atoms with Crippen molar-refractivity contribution in [1.82, 2.24) is 4.57 Å². The predicted molar refractivity (Wildman–Crippen MR) is 68.2 cm³/mol. The first-order chi connectivity index (χ1) is 8.59. The minimum Gasteiger partial charge on any atom is -0.477 e. The van der Waals surface area contributed by atoms with Crippen molar-refractivity contribution in [1.29, 1.82) is 0 Å². The van der Waals surface area contributed by atoms with Crippen molar-refractivity contribution in [3.63, 3.8) is 0 Å². The van der Waals surface area contributed by atoms with Crippen LogP contribution in [0.15, 0.2) is 47.4 Å². The zero-order valence-corrected chi connectivity index (χ0v) is 10.1. The predicted octanol–water partition coefficient (Wildman–Crippen LogP) is 2.25. The van der Waals surface area contributed by atoms with Crippen LogP contribution in [0.5, 0.6) is 0 Å². The highest BCUT2D eigenvalue weighted by Crippen LogP contribution is 2.11. The van der Waals surface area contributed by atoms with Gasteiger partial charge >= 0.3 is 5.97 Å². The Balaban J connectivity index is 2.45. The fourth-order valence-corrected chi connectivity index (χ4v) is 1.87. The molecular weight excluding hydrogens is 254 g/mol. The maximum Gasteiger partial charge on any atom is 0.342 e. The molecule has 0 amide bonds. The van der Waals surface area contributed by atoms with Crippen molar-refractivity contribution >= 4 is 17.6 Å². The van der Waals surface area contributed by atoms with Crippen molar-refractivity contribution in [3.05, 3.63) is 69.1 Å². The summed E-state index contributed by atoms with van der Waals surface area (Å²) in [6.45, 7) is 0.317. The van der Waals surface area contributed by atoms with E-state index in [1.165, 1.54) is 16.8 Å². The van der Waals surface area contributed by atoms with Crippen LogP contribution in [0.2, 0.25) is 5.02 Å². The molecule has 0 unspecified atom stereocenters. The first kappa shape index (κ1) is 12.4. The van der Waals surface area contributed by atoms with E-state index in [1.54, 1.807) is 0 Å². The molecule has 1 aromatic carbocycles. The molecule has 0 aliphatic carbocycles. The molecule has 92 valence electrons. The first-order valence-corrected chi connectivity index (χ1v) is 5.63. The quantitative estimate of drug-likeness (QED) is 0.924. The van der Waals surface area contributed by atoms with Gasteiger partial charge in [0.25, 0.3) is 5.56 Å². The second kappa shape index (κ2) is 5.06. The van der Waals surface area contributed by atoms with E-state index in [9.17, 15) is 9.59 Å². The highest BCUT2D eigenvalue weighted by atomic mass is 35.5. The van der Waals surface area contributed by atoms with Crippen LogP contribution in [-0.2, 0) is 6.54 Å². The van der Waals surface area contributed by atoms with E-state index in [2.05, 4.69) is 0 Å². The fourth-order valence-electron chi connectivity index (χ4n) is 1.65. The summed E-state index contributed by atoms with van der Waals surface area (Å²) >= 11 is 5.71. The maximum atomic E-state index is 11.9. The van der Waals surface area contributed by atoms with Gasteiger partial charge in [-0.1, -0.05) is 41.9 Å². The third-order valence-corrected chi connectivity index (χ3v) is 2.84. The molecular formula is C13H10ClNO3. The number of nitrogens with zero attached hydrogens (tertiary/aromatic N) is 1. The molecule has 0 atom stereocenters. The maximum absolute atomic E-state index is 11.9. The summed E-state index contributed by atoms with van der Waals surface area (Å²) < 4.78 is 1.32. The van der Waals surface area contributed by atoms with Crippen LogP contribution >= 0.6 is 11.6 Å². The standard InChI is InChI=1S/C13H10ClNO3/c14-10-6-7-15(12(16)11(10)13(17)18)8-9-4-2-1-3-5-9/h1-7H,8H2,(H,17,18). The van der Waals surface area contributed by atoms with Gasteiger partial charge in [0.2, 0.25) is 0 Å². The van der Waals surface area contributed by atoms with E-state index in [0.717, 1.165) is 5.56 Å². The monoisotopic (exact) mass is 263 g/mol. The van der Waals surface area contributed by atoms with Crippen molar-refractivity contribution in [2.75, 3.05) is 0 Å². The van der Waals surface area contributed by atoms with Gasteiger partial charge in [-0.15, -0.1) is 0 Å². The second-order valence-corrected chi connectivity index (χ2v) is 4.17. The smallest absolute Gasteiger partial charge is 0.342 e. The first-order valence-electron chi connectivity index (χ1n) is 5.26. The van der Waals surface area contributed by atoms with Gasteiger partial charge in [0, 0.05) is 6.20 Å². The normalized spacial score (nSPS) is 10.3. The zero-order valence-electron chi connectivity index (χ0n) is 9.34. The van der Waals surface area contributed by atoms with Crippen LogP contribution in [0.3, 0.4) is 0 Å². The molecule has 1 N–H and O–H groups in total. The summed E-state index contributed by atoms with van der Waals surface area (Å²) in [6, 6.07) is 10.7. The number of carboxylic acid groups (broad SMARTS) is 1. The highest BCUT2D eigenvalue weighted by molar-refractivity contribution is 6.33. The van der Waals surface area contributed by atoms with Crippen LogP contribution in [0.25, 0.3) is 0 Å². The molecule has 1 heterocycles. The number of aromatic carboxylic acids is 1. The number of rotatable bonds is 3. The summed E-state index contributed by atoms with van der Waals surface area (Å²) in [5.74, 6) is -1.31. The third-order valence-electron chi connectivity index (χ3n) is 2.52. The summed E-state index contributed by atoms with van der Waals surface area (Å²) in [5, 5.41) is 8.89. The highest BCUT2D eigenvalue weighted by Gasteiger charge is 2.15. The molecule has 0 spiro atoms. The number of hydrogen-bond acceptors (Lipinski definition) is 2. The van der Waals surface area contributed by atoms with Crippen LogP contribution < -0.4 is 5.56 Å². The van der Waals surface area contributed by atoms with Gasteiger partial charge in [0.05, 0.1) is 11.6 Å². The molecule has 18 heavy (non-hydrogen) atoms. The van der Waals surface area contributed by atoms with Gasteiger partial charge in [0.15, 0.2) is 0 Å². The largest absolute Gasteiger partial charge is 0.477 e. The number of benzene rings is 1. The molecule has 0 aliphatic rings. The van der Waals surface area contributed by atoms with E-state index in [-0.39, 0.29) is 5.02 Å². The van der Waals surface area contributed by atoms with Crippen molar-refractivity contribution < 1.29 is 9.90 Å². The van der Waals surface area contributed by atoms with Gasteiger partial charge in [0.1, 0.15) is 5.56 Å². The number of carboxylic acids is 1. The zero-order chi connectivity index (χ0) is 13.1. The van der Waals surface area contributed by atoms with Gasteiger partial charge in [-0.2, -0.15) is 0 Å². The van der Waals surface area contributed by atoms with Gasteiger partial charge < -0.3 is 9.67 Å². The molecule has 1 aromatic heterocycles. The summed E-state index contributed by atoms with van der Waals surface area (Å²) in [5.41, 5.74) is -0.0767. The van der Waals surface area contributed by atoms with E-state index >= 15 is 0 Å². The third kappa shape index (κ3) is 2.43. The fraction of sp³-hybridized carbons (Fsp3) is 0.0769. The Hall–Kier alpha value is -2.07. The molecule has 4 nitrogen and oxygen atoms in total. The molecule has 0 aliphatic heterocycles. The molecule has 2 rings (SSSR count). The average molecular weight is 264 g/mol. The minimum absolute atomic E-state index is 0.0446. The minimum atomic E-state index is -1.31. The van der Waals surface area contributed by atoms with Crippen LogP contribution in [-0.4, -0.2) is 15.6 Å². The van der Waals surface area contributed by atoms with E-state index in [1.807, 2.05) is 30.3 Å². The van der Waals surface area contributed by atoms with Crippen molar-refractivity contribution in [3.8, 4) is 0 Å².